The molecule has 2 heterocycles. The number of aryl methyl sites for hydroxylation is 1. The molecule has 25 heavy (non-hydrogen) atoms. The molecule has 0 N–H and O–H groups in total. The molecular formula is C20H26N4O. The molecule has 1 aliphatic rings. The average molecular weight is 338 g/mol. The standard InChI is InChI=1S/C20H26N4O/c1-3-23(14-17-9-5-4-8-16(17)2)19(25)18-10-6-13-24(15-18)20-21-11-7-12-22-20/h4-5,7-9,11-12,18H,3,6,10,13-15H2,1-2H3. The quantitative estimate of drug-likeness (QED) is 0.841. The van der Waals surface area contributed by atoms with E-state index in [4.69, 9.17) is 0 Å². The van der Waals surface area contributed by atoms with E-state index in [2.05, 4.69) is 40.8 Å². The van der Waals surface area contributed by atoms with Gasteiger partial charge in [-0.05, 0) is 43.9 Å². The molecule has 3 rings (SSSR count). The Kier molecular flexibility index (Phi) is 5.64. The van der Waals surface area contributed by atoms with Gasteiger partial charge in [-0.2, -0.15) is 0 Å². The largest absolute Gasteiger partial charge is 0.340 e. The van der Waals surface area contributed by atoms with Crippen molar-refractivity contribution in [3.05, 3.63) is 53.9 Å². The Balaban J connectivity index is 1.69. The zero-order valence-electron chi connectivity index (χ0n) is 15.1. The molecule has 1 saturated heterocycles. The summed E-state index contributed by atoms with van der Waals surface area (Å²) in [7, 11) is 0. The highest BCUT2D eigenvalue weighted by Gasteiger charge is 2.29. The normalized spacial score (nSPS) is 17.4. The van der Waals surface area contributed by atoms with Crippen LogP contribution in [0.4, 0.5) is 5.95 Å². The molecule has 0 saturated carbocycles. The number of anilines is 1. The molecule has 5 nitrogen and oxygen atoms in total. The number of hydrogen-bond donors (Lipinski definition) is 0. The molecule has 1 amide bonds. The Bertz CT molecular complexity index is 704. The second kappa shape index (κ2) is 8.10. The maximum Gasteiger partial charge on any atom is 0.227 e. The summed E-state index contributed by atoms with van der Waals surface area (Å²) in [5, 5.41) is 0. The summed E-state index contributed by atoms with van der Waals surface area (Å²) in [5.74, 6) is 0.981. The molecular weight excluding hydrogens is 312 g/mol. The van der Waals surface area contributed by atoms with E-state index >= 15 is 0 Å². The maximum atomic E-state index is 13.1. The molecule has 1 atom stereocenters. The van der Waals surface area contributed by atoms with Gasteiger partial charge >= 0.3 is 0 Å². The number of rotatable bonds is 5. The van der Waals surface area contributed by atoms with E-state index in [1.165, 1.54) is 11.1 Å². The van der Waals surface area contributed by atoms with Crippen LogP contribution in [0.2, 0.25) is 0 Å². The van der Waals surface area contributed by atoms with Crippen molar-refractivity contribution < 1.29 is 4.79 Å². The number of hydrogen-bond acceptors (Lipinski definition) is 4. The molecule has 1 aliphatic heterocycles. The summed E-state index contributed by atoms with van der Waals surface area (Å²) in [5.41, 5.74) is 2.45. The van der Waals surface area contributed by atoms with Gasteiger partial charge in [-0.3, -0.25) is 4.79 Å². The molecule has 5 heteroatoms. The second-order valence-corrected chi connectivity index (χ2v) is 6.61. The summed E-state index contributed by atoms with van der Waals surface area (Å²) < 4.78 is 0. The van der Waals surface area contributed by atoms with E-state index in [1.807, 2.05) is 23.1 Å². The van der Waals surface area contributed by atoms with Crippen LogP contribution in [0.5, 0.6) is 0 Å². The van der Waals surface area contributed by atoms with Crippen molar-refractivity contribution in [1.29, 1.82) is 0 Å². The van der Waals surface area contributed by atoms with Gasteiger partial charge in [-0.15, -0.1) is 0 Å². The summed E-state index contributed by atoms with van der Waals surface area (Å²) in [6, 6.07) is 10.1. The van der Waals surface area contributed by atoms with E-state index in [0.29, 0.717) is 13.1 Å². The minimum Gasteiger partial charge on any atom is -0.340 e. The fourth-order valence-electron chi connectivity index (χ4n) is 3.41. The maximum absolute atomic E-state index is 13.1. The number of benzene rings is 1. The van der Waals surface area contributed by atoms with Crippen molar-refractivity contribution in [3.8, 4) is 0 Å². The Morgan fingerprint density at radius 1 is 1.24 bits per heavy atom. The molecule has 1 unspecified atom stereocenters. The number of amides is 1. The lowest BCUT2D eigenvalue weighted by Crippen LogP contribution is -2.45. The first-order chi connectivity index (χ1) is 12.2. The first kappa shape index (κ1) is 17.4. The fourth-order valence-corrected chi connectivity index (χ4v) is 3.41. The Hall–Kier alpha value is -2.43. The lowest BCUT2D eigenvalue weighted by Gasteiger charge is -2.34. The number of aromatic nitrogens is 2. The minimum atomic E-state index is 0.0153. The van der Waals surface area contributed by atoms with Crippen molar-refractivity contribution in [2.75, 3.05) is 24.5 Å². The number of piperidine rings is 1. The summed E-state index contributed by atoms with van der Waals surface area (Å²) in [6.07, 6.45) is 5.44. The van der Waals surface area contributed by atoms with Gasteiger partial charge in [0.15, 0.2) is 0 Å². The minimum absolute atomic E-state index is 0.0153. The van der Waals surface area contributed by atoms with Gasteiger partial charge in [0.2, 0.25) is 11.9 Å². The SMILES string of the molecule is CCN(Cc1ccccc1C)C(=O)C1CCCN(c2ncccn2)C1. The zero-order valence-corrected chi connectivity index (χ0v) is 15.1. The third kappa shape index (κ3) is 4.16. The third-order valence-electron chi connectivity index (χ3n) is 4.92. The molecule has 2 aromatic rings. The average Bonchev–Trinajstić information content (AvgIpc) is 2.68. The van der Waals surface area contributed by atoms with Crippen LogP contribution in [0.15, 0.2) is 42.7 Å². The van der Waals surface area contributed by atoms with Crippen molar-refractivity contribution in [1.82, 2.24) is 14.9 Å². The predicted octanol–water partition coefficient (Wildman–Crippen LogP) is 3.05. The molecule has 1 fully saturated rings. The topological polar surface area (TPSA) is 49.3 Å². The fraction of sp³-hybridized carbons (Fsp3) is 0.450. The molecule has 0 spiro atoms. The second-order valence-electron chi connectivity index (χ2n) is 6.61. The van der Waals surface area contributed by atoms with Crippen LogP contribution in [-0.4, -0.2) is 40.4 Å². The van der Waals surface area contributed by atoms with Gasteiger partial charge in [0.1, 0.15) is 0 Å². The first-order valence-electron chi connectivity index (χ1n) is 9.04. The summed E-state index contributed by atoms with van der Waals surface area (Å²) in [6.45, 7) is 7.18. The third-order valence-corrected chi connectivity index (χ3v) is 4.92. The molecule has 1 aromatic heterocycles. The van der Waals surface area contributed by atoms with Gasteiger partial charge in [0, 0.05) is 38.6 Å². The van der Waals surface area contributed by atoms with Crippen molar-refractivity contribution in [3.63, 3.8) is 0 Å². The highest BCUT2D eigenvalue weighted by atomic mass is 16.2. The van der Waals surface area contributed by atoms with Crippen molar-refractivity contribution in [2.24, 2.45) is 5.92 Å². The van der Waals surface area contributed by atoms with Crippen LogP contribution < -0.4 is 4.90 Å². The monoisotopic (exact) mass is 338 g/mol. The summed E-state index contributed by atoms with van der Waals surface area (Å²) in [4.78, 5) is 25.8. The lowest BCUT2D eigenvalue weighted by molar-refractivity contribution is -0.136. The van der Waals surface area contributed by atoms with Crippen LogP contribution in [0.1, 0.15) is 30.9 Å². The van der Waals surface area contributed by atoms with Gasteiger partial charge in [0.05, 0.1) is 5.92 Å². The van der Waals surface area contributed by atoms with Gasteiger partial charge in [0.25, 0.3) is 0 Å². The summed E-state index contributed by atoms with van der Waals surface area (Å²) >= 11 is 0. The molecule has 1 aromatic carbocycles. The van der Waals surface area contributed by atoms with Gasteiger partial charge in [-0.1, -0.05) is 24.3 Å². The Labute approximate surface area is 149 Å². The lowest BCUT2D eigenvalue weighted by atomic mass is 9.96. The Morgan fingerprint density at radius 2 is 2.00 bits per heavy atom. The van der Waals surface area contributed by atoms with Crippen LogP contribution in [0, 0.1) is 12.8 Å². The molecule has 0 aliphatic carbocycles. The predicted molar refractivity (Wildman–Crippen MR) is 99.2 cm³/mol. The van der Waals surface area contributed by atoms with Crippen molar-refractivity contribution in [2.45, 2.75) is 33.2 Å². The smallest absolute Gasteiger partial charge is 0.227 e. The number of carbonyl (C=O) groups is 1. The van der Waals surface area contributed by atoms with E-state index in [-0.39, 0.29) is 11.8 Å². The zero-order chi connectivity index (χ0) is 17.6. The molecule has 132 valence electrons. The van der Waals surface area contributed by atoms with Gasteiger partial charge < -0.3 is 9.80 Å². The molecule has 0 bridgehead atoms. The number of nitrogens with zero attached hydrogens (tertiary/aromatic N) is 4. The van der Waals surface area contributed by atoms with Crippen molar-refractivity contribution >= 4 is 11.9 Å². The molecule has 0 radical (unpaired) electrons. The van der Waals surface area contributed by atoms with Crippen LogP contribution in [-0.2, 0) is 11.3 Å². The highest BCUT2D eigenvalue weighted by Crippen LogP contribution is 2.23. The van der Waals surface area contributed by atoms with E-state index in [1.54, 1.807) is 12.4 Å². The van der Waals surface area contributed by atoms with Crippen LogP contribution in [0.3, 0.4) is 0 Å². The van der Waals surface area contributed by atoms with Crippen LogP contribution >= 0.6 is 0 Å². The van der Waals surface area contributed by atoms with Gasteiger partial charge in [-0.25, -0.2) is 9.97 Å². The first-order valence-corrected chi connectivity index (χ1v) is 9.04. The van der Waals surface area contributed by atoms with E-state index in [0.717, 1.165) is 31.9 Å². The van der Waals surface area contributed by atoms with E-state index < -0.39 is 0 Å². The van der Waals surface area contributed by atoms with E-state index in [9.17, 15) is 4.79 Å². The number of carbonyl (C=O) groups excluding carboxylic acids is 1. The Morgan fingerprint density at radius 3 is 2.72 bits per heavy atom. The highest BCUT2D eigenvalue weighted by molar-refractivity contribution is 5.79. The van der Waals surface area contributed by atoms with Crippen LogP contribution in [0.25, 0.3) is 0 Å².